The van der Waals surface area contributed by atoms with Crippen molar-refractivity contribution in [3.63, 3.8) is 0 Å². The van der Waals surface area contributed by atoms with E-state index in [4.69, 9.17) is 18.0 Å². The fraction of sp³-hybridized carbons (Fsp3) is 0.211. The third-order valence-corrected chi connectivity index (χ3v) is 4.60. The maximum atomic E-state index is 12.6. The maximum Gasteiger partial charge on any atom is 0.277 e. The number of amides is 2. The number of nitro benzene ring substituents is 2. The molecule has 0 fully saturated rings. The van der Waals surface area contributed by atoms with Gasteiger partial charge in [0.2, 0.25) is 5.91 Å². The summed E-state index contributed by atoms with van der Waals surface area (Å²) < 4.78 is 0. The number of nitro groups is 2. The second kappa shape index (κ2) is 10.7. The number of carbonyl (C=O) groups is 2. The molecule has 0 saturated carbocycles. The zero-order valence-corrected chi connectivity index (χ0v) is 17.0. The van der Waals surface area contributed by atoms with Crippen LogP contribution in [0.2, 0.25) is 0 Å². The molecule has 3 N–H and O–H groups in total. The van der Waals surface area contributed by atoms with Gasteiger partial charge in [0.05, 0.1) is 21.5 Å². The van der Waals surface area contributed by atoms with Crippen LogP contribution in [-0.4, -0.2) is 44.8 Å². The van der Waals surface area contributed by atoms with Crippen LogP contribution in [-0.2, 0) is 11.2 Å². The van der Waals surface area contributed by atoms with Gasteiger partial charge >= 0.3 is 0 Å². The minimum absolute atomic E-state index is 0.00686. The molecule has 0 aromatic heterocycles. The van der Waals surface area contributed by atoms with E-state index in [-0.39, 0.29) is 23.6 Å². The first-order chi connectivity index (χ1) is 14.7. The first-order valence-electron chi connectivity index (χ1n) is 9.03. The molecule has 0 spiro atoms. The van der Waals surface area contributed by atoms with Gasteiger partial charge < -0.3 is 10.6 Å². The first kappa shape index (κ1) is 23.3. The Morgan fingerprint density at radius 2 is 1.58 bits per heavy atom. The maximum absolute atomic E-state index is 12.6. The number of thiocarbonyl (C=S) groups is 1. The summed E-state index contributed by atoms with van der Waals surface area (Å²) in [6, 6.07) is 12.0. The number of primary amides is 1. The average molecular weight is 445 g/mol. The summed E-state index contributed by atoms with van der Waals surface area (Å²) in [5, 5.41) is 24.4. The summed E-state index contributed by atoms with van der Waals surface area (Å²) in [6.45, 7) is 0.516. The SMILES string of the molecule is NC(=O)CCN(CCc1ccccc1)C(=S)NC(=O)c1cc([N+](=O)[O-])cc([N+](=O)[O-])c1. The molecule has 2 aromatic carbocycles. The minimum Gasteiger partial charge on any atom is -0.370 e. The zero-order valence-electron chi connectivity index (χ0n) is 16.2. The highest BCUT2D eigenvalue weighted by Gasteiger charge is 2.21. The van der Waals surface area contributed by atoms with Crippen molar-refractivity contribution in [1.82, 2.24) is 10.2 Å². The molecule has 0 saturated heterocycles. The zero-order chi connectivity index (χ0) is 23.0. The minimum atomic E-state index is -0.847. The van der Waals surface area contributed by atoms with Crippen molar-refractivity contribution in [3.8, 4) is 0 Å². The lowest BCUT2D eigenvalue weighted by Crippen LogP contribution is -2.44. The standard InChI is InChI=1S/C19H19N5O6S/c20-17(25)7-9-22(8-6-13-4-2-1-3-5-13)19(31)21-18(26)14-10-15(23(27)28)12-16(11-14)24(29)30/h1-5,10-12H,6-9H2,(H2,20,25)(H,21,26,31). The van der Waals surface area contributed by atoms with Crippen molar-refractivity contribution in [3.05, 3.63) is 79.9 Å². The predicted octanol–water partition coefficient (Wildman–Crippen LogP) is 1.94. The van der Waals surface area contributed by atoms with E-state index in [0.717, 1.165) is 23.8 Å². The van der Waals surface area contributed by atoms with Crippen LogP contribution in [0.4, 0.5) is 11.4 Å². The van der Waals surface area contributed by atoms with Crippen molar-refractivity contribution in [1.29, 1.82) is 0 Å². The van der Waals surface area contributed by atoms with Crippen molar-refractivity contribution in [2.75, 3.05) is 13.1 Å². The number of non-ortho nitro benzene ring substituents is 2. The average Bonchev–Trinajstić information content (AvgIpc) is 2.73. The molecule has 0 heterocycles. The lowest BCUT2D eigenvalue weighted by molar-refractivity contribution is -0.394. The van der Waals surface area contributed by atoms with Crippen LogP contribution >= 0.6 is 12.2 Å². The van der Waals surface area contributed by atoms with Gasteiger partial charge in [-0.1, -0.05) is 30.3 Å². The normalized spacial score (nSPS) is 10.2. The molecule has 0 aliphatic heterocycles. The second-order valence-electron chi connectivity index (χ2n) is 6.45. The lowest BCUT2D eigenvalue weighted by atomic mass is 10.1. The fourth-order valence-electron chi connectivity index (χ4n) is 2.65. The smallest absolute Gasteiger partial charge is 0.277 e. The summed E-state index contributed by atoms with van der Waals surface area (Å²) in [5.41, 5.74) is 4.73. The highest BCUT2D eigenvalue weighted by molar-refractivity contribution is 7.80. The van der Waals surface area contributed by atoms with Crippen LogP contribution in [0.3, 0.4) is 0 Å². The monoisotopic (exact) mass is 445 g/mol. The Hall–Kier alpha value is -3.93. The Labute approximate surface area is 182 Å². The molecule has 0 aliphatic rings. The molecule has 0 aliphatic carbocycles. The summed E-state index contributed by atoms with van der Waals surface area (Å²) in [5.74, 6) is -1.39. The molecular formula is C19H19N5O6S. The number of nitrogens with zero attached hydrogens (tertiary/aromatic N) is 3. The van der Waals surface area contributed by atoms with E-state index >= 15 is 0 Å². The Balaban J connectivity index is 2.17. The van der Waals surface area contributed by atoms with E-state index in [1.807, 2.05) is 30.3 Å². The van der Waals surface area contributed by atoms with Gasteiger partial charge in [-0.3, -0.25) is 35.1 Å². The Morgan fingerprint density at radius 1 is 1.00 bits per heavy atom. The number of carbonyl (C=O) groups excluding carboxylic acids is 2. The van der Waals surface area contributed by atoms with Gasteiger partial charge in [-0.15, -0.1) is 0 Å². The van der Waals surface area contributed by atoms with Gasteiger partial charge in [-0.05, 0) is 24.2 Å². The van der Waals surface area contributed by atoms with E-state index in [9.17, 15) is 29.8 Å². The van der Waals surface area contributed by atoms with Crippen molar-refractivity contribution in [2.45, 2.75) is 12.8 Å². The second-order valence-corrected chi connectivity index (χ2v) is 6.84. The highest BCUT2D eigenvalue weighted by atomic mass is 32.1. The molecule has 2 rings (SSSR count). The van der Waals surface area contributed by atoms with Crippen LogP contribution in [0.1, 0.15) is 22.3 Å². The van der Waals surface area contributed by atoms with Crippen LogP contribution in [0, 0.1) is 20.2 Å². The van der Waals surface area contributed by atoms with Crippen LogP contribution in [0.15, 0.2) is 48.5 Å². The molecule has 2 aromatic rings. The molecule has 2 amide bonds. The number of hydrogen-bond donors (Lipinski definition) is 2. The number of nitrogens with one attached hydrogen (secondary N) is 1. The Kier molecular flexibility index (Phi) is 8.09. The number of nitrogens with two attached hydrogens (primary N) is 1. The van der Waals surface area contributed by atoms with E-state index < -0.39 is 33.0 Å². The Bertz CT molecular complexity index is 982. The van der Waals surface area contributed by atoms with Gasteiger partial charge in [0, 0.05) is 31.6 Å². The van der Waals surface area contributed by atoms with Gasteiger partial charge in [0.25, 0.3) is 17.3 Å². The Morgan fingerprint density at radius 3 is 2.10 bits per heavy atom. The molecule has 0 atom stereocenters. The molecule has 0 bridgehead atoms. The molecule has 12 heteroatoms. The van der Waals surface area contributed by atoms with E-state index in [2.05, 4.69) is 5.32 Å². The topological polar surface area (TPSA) is 162 Å². The first-order valence-corrected chi connectivity index (χ1v) is 9.44. The summed E-state index contributed by atoms with van der Waals surface area (Å²) in [4.78, 5) is 45.7. The highest BCUT2D eigenvalue weighted by Crippen LogP contribution is 2.22. The third-order valence-electron chi connectivity index (χ3n) is 4.24. The van der Waals surface area contributed by atoms with E-state index in [1.165, 1.54) is 0 Å². The molecule has 11 nitrogen and oxygen atoms in total. The van der Waals surface area contributed by atoms with Gasteiger partial charge in [0.15, 0.2) is 5.11 Å². The van der Waals surface area contributed by atoms with E-state index in [0.29, 0.717) is 13.0 Å². The lowest BCUT2D eigenvalue weighted by Gasteiger charge is -2.25. The van der Waals surface area contributed by atoms with Gasteiger partial charge in [-0.25, -0.2) is 0 Å². The summed E-state index contributed by atoms with van der Waals surface area (Å²) >= 11 is 5.26. The molecule has 31 heavy (non-hydrogen) atoms. The number of benzene rings is 2. The van der Waals surface area contributed by atoms with Crippen molar-refractivity contribution < 1.29 is 19.4 Å². The van der Waals surface area contributed by atoms with Crippen molar-refractivity contribution >= 4 is 40.5 Å². The van der Waals surface area contributed by atoms with Gasteiger partial charge in [0.1, 0.15) is 0 Å². The third kappa shape index (κ3) is 7.12. The number of hydrogen-bond acceptors (Lipinski definition) is 7. The molecule has 162 valence electrons. The summed E-state index contributed by atoms with van der Waals surface area (Å²) in [6.07, 6.45) is 0.560. The molecule has 0 radical (unpaired) electrons. The largest absolute Gasteiger partial charge is 0.370 e. The van der Waals surface area contributed by atoms with Crippen molar-refractivity contribution in [2.24, 2.45) is 5.73 Å². The van der Waals surface area contributed by atoms with Crippen LogP contribution in [0.25, 0.3) is 0 Å². The quantitative estimate of drug-likeness (QED) is 0.336. The summed E-state index contributed by atoms with van der Waals surface area (Å²) in [7, 11) is 0. The molecule has 0 unspecified atom stereocenters. The van der Waals surface area contributed by atoms with Gasteiger partial charge in [-0.2, -0.15) is 0 Å². The van der Waals surface area contributed by atoms with Crippen LogP contribution < -0.4 is 11.1 Å². The van der Waals surface area contributed by atoms with E-state index in [1.54, 1.807) is 4.90 Å². The molecular weight excluding hydrogens is 426 g/mol. The predicted molar refractivity (Wildman–Crippen MR) is 115 cm³/mol. The fourth-order valence-corrected chi connectivity index (χ4v) is 2.93. The van der Waals surface area contributed by atoms with Crippen LogP contribution in [0.5, 0.6) is 0 Å². The number of rotatable bonds is 9.